The Morgan fingerprint density at radius 3 is 2.50 bits per heavy atom. The molecule has 0 amide bonds. The molecule has 1 aliphatic heterocycles. The molecule has 0 atom stereocenters. The molecule has 70 valence electrons. The van der Waals surface area contributed by atoms with E-state index in [-0.39, 0.29) is 12.0 Å². The lowest BCUT2D eigenvalue weighted by atomic mass is 10.3. The number of nitrogens with one attached hydrogen (secondary N) is 1. The van der Waals surface area contributed by atoms with E-state index in [1.807, 2.05) is 0 Å². The van der Waals surface area contributed by atoms with E-state index in [1.54, 1.807) is 5.48 Å². The molecule has 0 radical (unpaired) electrons. The van der Waals surface area contributed by atoms with Crippen LogP contribution in [0.5, 0.6) is 0 Å². The van der Waals surface area contributed by atoms with Gasteiger partial charge in [0, 0.05) is 0 Å². The van der Waals surface area contributed by atoms with Crippen molar-refractivity contribution in [2.45, 2.75) is 6.04 Å². The minimum atomic E-state index is -0.132. The van der Waals surface area contributed by atoms with Crippen molar-refractivity contribution in [1.29, 1.82) is 0 Å². The average Bonchev–Trinajstić information content (AvgIpc) is 2.33. The van der Waals surface area contributed by atoms with E-state index >= 15 is 0 Å². The van der Waals surface area contributed by atoms with Crippen LogP contribution in [0.15, 0.2) is 4.99 Å². The van der Waals surface area contributed by atoms with Crippen LogP contribution >= 0.6 is 0 Å². The van der Waals surface area contributed by atoms with Gasteiger partial charge in [0.25, 0.3) is 0 Å². The zero-order valence-electron chi connectivity index (χ0n) is 6.69. The van der Waals surface area contributed by atoms with Crippen molar-refractivity contribution in [2.24, 2.45) is 10.7 Å². The Morgan fingerprint density at radius 2 is 2.00 bits per heavy atom. The summed E-state index contributed by atoms with van der Waals surface area (Å²) in [6.07, 6.45) is 0. The van der Waals surface area contributed by atoms with Gasteiger partial charge < -0.3 is 15.2 Å². The van der Waals surface area contributed by atoms with E-state index in [4.69, 9.17) is 20.4 Å². The minimum absolute atomic E-state index is 0.0194. The average molecular weight is 175 g/mol. The first kappa shape index (κ1) is 9.24. The summed E-state index contributed by atoms with van der Waals surface area (Å²) in [5.74, 6) is -0.0194. The lowest BCUT2D eigenvalue weighted by Crippen LogP contribution is -2.32. The first-order valence-electron chi connectivity index (χ1n) is 3.72. The van der Waals surface area contributed by atoms with Crippen LogP contribution in [0, 0.1) is 0 Å². The van der Waals surface area contributed by atoms with Crippen LogP contribution in [-0.4, -0.2) is 43.6 Å². The maximum Gasteiger partial charge on any atom is 0.213 e. The third-order valence-corrected chi connectivity index (χ3v) is 1.43. The second-order valence-electron chi connectivity index (χ2n) is 2.43. The molecule has 12 heavy (non-hydrogen) atoms. The lowest BCUT2D eigenvalue weighted by Gasteiger charge is -2.08. The molecule has 0 bridgehead atoms. The Morgan fingerprint density at radius 1 is 1.42 bits per heavy atom. The molecule has 0 saturated carbocycles. The molecule has 0 unspecified atom stereocenters. The predicted octanol–water partition coefficient (Wildman–Crippen LogP) is -1.30. The van der Waals surface area contributed by atoms with Gasteiger partial charge in [0.2, 0.25) is 5.96 Å². The van der Waals surface area contributed by atoms with Crippen molar-refractivity contribution < 1.29 is 14.7 Å². The zero-order chi connectivity index (χ0) is 8.81. The summed E-state index contributed by atoms with van der Waals surface area (Å²) in [4.78, 5) is 3.90. The molecule has 0 aliphatic carbocycles. The van der Waals surface area contributed by atoms with E-state index < -0.39 is 0 Å². The molecule has 1 fully saturated rings. The molecule has 0 spiro atoms. The summed E-state index contributed by atoms with van der Waals surface area (Å²) < 4.78 is 10.3. The molecule has 1 heterocycles. The second-order valence-corrected chi connectivity index (χ2v) is 2.43. The quantitative estimate of drug-likeness (QED) is 0.262. The van der Waals surface area contributed by atoms with Crippen molar-refractivity contribution in [1.82, 2.24) is 5.48 Å². The first-order chi connectivity index (χ1) is 5.83. The molecule has 6 heteroatoms. The van der Waals surface area contributed by atoms with Crippen LogP contribution in [0.1, 0.15) is 0 Å². The van der Waals surface area contributed by atoms with Gasteiger partial charge in [-0.3, -0.25) is 5.21 Å². The highest BCUT2D eigenvalue weighted by atomic mass is 16.5. The molecule has 4 N–H and O–H groups in total. The topological polar surface area (TPSA) is 89.1 Å². The zero-order valence-corrected chi connectivity index (χ0v) is 6.69. The standard InChI is InChI=1S/C6H13N3O3/c7-6(9-10)8-5-3-11-1-2-12-4-5/h5,10H,1-4H2,(H3,7,8,9). The first-order valence-corrected chi connectivity index (χ1v) is 3.72. The maximum absolute atomic E-state index is 8.35. The van der Waals surface area contributed by atoms with Crippen LogP contribution in [-0.2, 0) is 9.47 Å². The summed E-state index contributed by atoms with van der Waals surface area (Å²) in [6.45, 7) is 2.11. The van der Waals surface area contributed by atoms with Crippen LogP contribution < -0.4 is 11.2 Å². The highest BCUT2D eigenvalue weighted by Crippen LogP contribution is 1.98. The maximum atomic E-state index is 8.35. The molecule has 1 saturated heterocycles. The number of rotatable bonds is 1. The van der Waals surface area contributed by atoms with Crippen molar-refractivity contribution in [2.75, 3.05) is 26.4 Å². The predicted molar refractivity (Wildman–Crippen MR) is 42.0 cm³/mol. The fourth-order valence-corrected chi connectivity index (χ4v) is 0.905. The van der Waals surface area contributed by atoms with Crippen LogP contribution in [0.2, 0.25) is 0 Å². The number of nitrogens with two attached hydrogens (primary N) is 1. The van der Waals surface area contributed by atoms with Gasteiger partial charge >= 0.3 is 0 Å². The molecular weight excluding hydrogens is 162 g/mol. The van der Waals surface area contributed by atoms with Crippen LogP contribution in [0.25, 0.3) is 0 Å². The van der Waals surface area contributed by atoms with Gasteiger partial charge in [-0.05, 0) is 0 Å². The molecule has 0 aromatic heterocycles. The largest absolute Gasteiger partial charge is 0.377 e. The number of nitrogens with zero attached hydrogens (tertiary/aromatic N) is 1. The van der Waals surface area contributed by atoms with Crippen molar-refractivity contribution in [3.05, 3.63) is 0 Å². The van der Waals surface area contributed by atoms with Gasteiger partial charge in [0.1, 0.15) is 6.04 Å². The van der Waals surface area contributed by atoms with E-state index in [1.165, 1.54) is 0 Å². The van der Waals surface area contributed by atoms with Crippen molar-refractivity contribution >= 4 is 5.96 Å². The monoisotopic (exact) mass is 175 g/mol. The Kier molecular flexibility index (Phi) is 3.78. The summed E-state index contributed by atoms with van der Waals surface area (Å²) in [6, 6.07) is -0.132. The van der Waals surface area contributed by atoms with Crippen LogP contribution in [0.3, 0.4) is 0 Å². The number of guanidine groups is 1. The van der Waals surface area contributed by atoms with Crippen molar-refractivity contribution in [3.63, 3.8) is 0 Å². The molecular formula is C6H13N3O3. The van der Waals surface area contributed by atoms with Gasteiger partial charge in [-0.25, -0.2) is 10.5 Å². The third-order valence-electron chi connectivity index (χ3n) is 1.43. The molecule has 1 aliphatic rings. The van der Waals surface area contributed by atoms with Gasteiger partial charge in [-0.1, -0.05) is 0 Å². The number of hydroxylamine groups is 1. The normalized spacial score (nSPS) is 21.9. The van der Waals surface area contributed by atoms with Crippen molar-refractivity contribution in [3.8, 4) is 0 Å². The van der Waals surface area contributed by atoms with E-state index in [0.717, 1.165) is 0 Å². The van der Waals surface area contributed by atoms with E-state index in [9.17, 15) is 0 Å². The van der Waals surface area contributed by atoms with Gasteiger partial charge in [0.05, 0.1) is 26.4 Å². The van der Waals surface area contributed by atoms with E-state index in [2.05, 4.69) is 4.99 Å². The summed E-state index contributed by atoms with van der Waals surface area (Å²) in [5.41, 5.74) is 6.98. The molecule has 0 aromatic rings. The SMILES string of the molecule is NC(=NC1COCCOC1)NO. The second kappa shape index (κ2) is 4.91. The molecule has 0 aromatic carbocycles. The Labute approximate surface area is 70.3 Å². The summed E-state index contributed by atoms with van der Waals surface area (Å²) in [5, 5.41) is 8.35. The van der Waals surface area contributed by atoms with Gasteiger partial charge in [-0.15, -0.1) is 0 Å². The highest BCUT2D eigenvalue weighted by Gasteiger charge is 2.11. The smallest absolute Gasteiger partial charge is 0.213 e. The Balaban J connectivity index is 2.38. The Hall–Kier alpha value is -0.850. The third kappa shape index (κ3) is 3.04. The number of hydrogen-bond donors (Lipinski definition) is 3. The van der Waals surface area contributed by atoms with E-state index in [0.29, 0.717) is 26.4 Å². The number of aliphatic imine (C=N–C) groups is 1. The fraction of sp³-hybridized carbons (Fsp3) is 0.833. The summed E-state index contributed by atoms with van der Waals surface area (Å²) in [7, 11) is 0. The number of ether oxygens (including phenoxy) is 2. The molecule has 6 nitrogen and oxygen atoms in total. The molecule has 1 rings (SSSR count). The fourth-order valence-electron chi connectivity index (χ4n) is 0.905. The minimum Gasteiger partial charge on any atom is -0.377 e. The number of hydrogen-bond acceptors (Lipinski definition) is 4. The Bertz CT molecular complexity index is 154. The van der Waals surface area contributed by atoms with Gasteiger partial charge in [-0.2, -0.15) is 0 Å². The van der Waals surface area contributed by atoms with Crippen LogP contribution in [0.4, 0.5) is 0 Å². The highest BCUT2D eigenvalue weighted by molar-refractivity contribution is 5.76. The summed E-state index contributed by atoms with van der Waals surface area (Å²) >= 11 is 0. The lowest BCUT2D eigenvalue weighted by molar-refractivity contribution is 0.103. The van der Waals surface area contributed by atoms with Gasteiger partial charge in [0.15, 0.2) is 0 Å².